The zero-order valence-electron chi connectivity index (χ0n) is 15.0. The van der Waals surface area contributed by atoms with E-state index in [0.717, 1.165) is 18.5 Å². The topological polar surface area (TPSA) is 90.2 Å². The van der Waals surface area contributed by atoms with Crippen LogP contribution in [-0.2, 0) is 12.8 Å². The van der Waals surface area contributed by atoms with Crippen molar-refractivity contribution in [2.24, 2.45) is 0 Å². The van der Waals surface area contributed by atoms with Gasteiger partial charge in [0.05, 0.1) is 7.85 Å². The van der Waals surface area contributed by atoms with E-state index in [9.17, 15) is 20.1 Å². The molecule has 0 unspecified atom stereocenters. The van der Waals surface area contributed by atoms with Crippen LogP contribution in [-0.4, -0.2) is 59.8 Å². The molecule has 3 N–H and O–H groups in total. The Labute approximate surface area is 159 Å². The monoisotopic (exact) mass is 367 g/mol. The standard InChI is InChI=1S/C20H22BNO5/c21-9-7-14-3-6-17(18(19(14)24)20(25)26)27-16-11-22(12-16)10-8-13-1-4-15(23)5-2-13/h1-6,16,23-24H,7-12H2,(H,25,26). The van der Waals surface area contributed by atoms with Crippen LogP contribution < -0.4 is 4.74 Å². The third-order valence-electron chi connectivity index (χ3n) is 4.72. The molecule has 3 rings (SSSR count). The fourth-order valence-corrected chi connectivity index (χ4v) is 3.19. The molecule has 2 aromatic carbocycles. The molecule has 0 bridgehead atoms. The smallest absolute Gasteiger partial charge is 0.343 e. The first kappa shape index (κ1) is 19.1. The van der Waals surface area contributed by atoms with Gasteiger partial charge in [-0.25, -0.2) is 4.79 Å². The molecule has 0 saturated carbocycles. The first-order valence-electron chi connectivity index (χ1n) is 8.93. The summed E-state index contributed by atoms with van der Waals surface area (Å²) in [6.45, 7) is 2.25. The second kappa shape index (κ2) is 8.35. The minimum absolute atomic E-state index is 0.109. The fraction of sp³-hybridized carbons (Fsp3) is 0.350. The maximum Gasteiger partial charge on any atom is 0.343 e. The highest BCUT2D eigenvalue weighted by Crippen LogP contribution is 2.33. The van der Waals surface area contributed by atoms with Crippen molar-refractivity contribution in [3.05, 3.63) is 53.1 Å². The van der Waals surface area contributed by atoms with E-state index in [1.807, 2.05) is 12.1 Å². The van der Waals surface area contributed by atoms with E-state index < -0.39 is 5.97 Å². The lowest BCUT2D eigenvalue weighted by atomic mass is 9.95. The highest BCUT2D eigenvalue weighted by molar-refractivity contribution is 6.08. The average molecular weight is 367 g/mol. The van der Waals surface area contributed by atoms with Crippen LogP contribution in [0.1, 0.15) is 21.5 Å². The zero-order valence-corrected chi connectivity index (χ0v) is 15.0. The van der Waals surface area contributed by atoms with Crippen LogP contribution in [0, 0.1) is 0 Å². The number of carboxylic acid groups (broad SMARTS) is 1. The summed E-state index contributed by atoms with van der Waals surface area (Å²) >= 11 is 0. The molecule has 0 atom stereocenters. The molecule has 27 heavy (non-hydrogen) atoms. The molecular weight excluding hydrogens is 345 g/mol. The summed E-state index contributed by atoms with van der Waals surface area (Å²) in [6, 6.07) is 10.4. The van der Waals surface area contributed by atoms with Gasteiger partial charge < -0.3 is 20.1 Å². The van der Waals surface area contributed by atoms with E-state index in [-0.39, 0.29) is 28.9 Å². The van der Waals surface area contributed by atoms with Crippen molar-refractivity contribution in [1.82, 2.24) is 4.90 Å². The fourth-order valence-electron chi connectivity index (χ4n) is 3.19. The van der Waals surface area contributed by atoms with E-state index in [0.29, 0.717) is 31.4 Å². The van der Waals surface area contributed by atoms with Gasteiger partial charge in [0.15, 0.2) is 0 Å². The molecule has 6 nitrogen and oxygen atoms in total. The Morgan fingerprint density at radius 2 is 1.81 bits per heavy atom. The number of aryl methyl sites for hydroxylation is 1. The summed E-state index contributed by atoms with van der Waals surface area (Å²) < 4.78 is 5.81. The molecule has 1 saturated heterocycles. The minimum atomic E-state index is -1.22. The first-order chi connectivity index (χ1) is 13.0. The van der Waals surface area contributed by atoms with Gasteiger partial charge >= 0.3 is 5.97 Å². The molecule has 0 amide bonds. The van der Waals surface area contributed by atoms with Crippen molar-refractivity contribution in [1.29, 1.82) is 0 Å². The molecule has 140 valence electrons. The van der Waals surface area contributed by atoms with Crippen molar-refractivity contribution >= 4 is 13.8 Å². The number of benzene rings is 2. The van der Waals surface area contributed by atoms with Crippen molar-refractivity contribution in [2.75, 3.05) is 19.6 Å². The molecule has 0 aromatic heterocycles. The molecular formula is C20H22BNO5. The number of nitrogens with zero attached hydrogens (tertiary/aromatic N) is 1. The lowest BCUT2D eigenvalue weighted by Gasteiger charge is -2.39. The Balaban J connectivity index is 1.55. The van der Waals surface area contributed by atoms with E-state index >= 15 is 0 Å². The van der Waals surface area contributed by atoms with E-state index in [1.54, 1.807) is 24.3 Å². The number of ether oxygens (including phenoxy) is 1. The van der Waals surface area contributed by atoms with Crippen molar-refractivity contribution in [2.45, 2.75) is 25.3 Å². The Morgan fingerprint density at radius 3 is 2.44 bits per heavy atom. The lowest BCUT2D eigenvalue weighted by molar-refractivity contribution is 0.0196. The Kier molecular flexibility index (Phi) is 5.91. The van der Waals surface area contributed by atoms with Gasteiger partial charge in [0.25, 0.3) is 0 Å². The second-order valence-corrected chi connectivity index (χ2v) is 6.71. The van der Waals surface area contributed by atoms with Gasteiger partial charge in [0, 0.05) is 19.6 Å². The summed E-state index contributed by atoms with van der Waals surface area (Å²) in [4.78, 5) is 13.7. The second-order valence-electron chi connectivity index (χ2n) is 6.71. The summed E-state index contributed by atoms with van der Waals surface area (Å²) in [5.74, 6) is -1.05. The summed E-state index contributed by atoms with van der Waals surface area (Å²) in [5.41, 5.74) is 1.45. The van der Waals surface area contributed by atoms with Crippen molar-refractivity contribution in [3.8, 4) is 17.2 Å². The SMILES string of the molecule is [B]CCc1ccc(OC2CN(CCc3ccc(O)cc3)C2)c(C(=O)O)c1O. The molecule has 1 fully saturated rings. The number of rotatable bonds is 8. The van der Waals surface area contributed by atoms with E-state index in [4.69, 9.17) is 12.6 Å². The number of aromatic hydroxyl groups is 2. The van der Waals surface area contributed by atoms with Crippen LogP contribution in [0.25, 0.3) is 0 Å². The molecule has 1 heterocycles. The maximum atomic E-state index is 11.5. The van der Waals surface area contributed by atoms with Crippen LogP contribution in [0.5, 0.6) is 17.2 Å². The van der Waals surface area contributed by atoms with Crippen molar-refractivity contribution in [3.63, 3.8) is 0 Å². The zero-order chi connectivity index (χ0) is 19.4. The lowest BCUT2D eigenvalue weighted by Crippen LogP contribution is -2.54. The van der Waals surface area contributed by atoms with Crippen LogP contribution >= 0.6 is 0 Å². The van der Waals surface area contributed by atoms with Crippen LogP contribution in [0.15, 0.2) is 36.4 Å². The van der Waals surface area contributed by atoms with Gasteiger partial charge in [-0.1, -0.05) is 24.5 Å². The number of aromatic carboxylic acids is 1. The minimum Gasteiger partial charge on any atom is -0.508 e. The van der Waals surface area contributed by atoms with Gasteiger partial charge in [0.2, 0.25) is 0 Å². The molecule has 2 aromatic rings. The average Bonchev–Trinajstić information content (AvgIpc) is 2.60. The molecule has 7 heteroatoms. The van der Waals surface area contributed by atoms with E-state index in [2.05, 4.69) is 4.90 Å². The highest BCUT2D eigenvalue weighted by atomic mass is 16.5. The molecule has 0 spiro atoms. The number of phenolic OH excluding ortho intramolecular Hbond substituents is 1. The number of phenols is 2. The Hall–Kier alpha value is -2.67. The van der Waals surface area contributed by atoms with Gasteiger partial charge in [-0.2, -0.15) is 0 Å². The number of carbonyl (C=O) groups is 1. The highest BCUT2D eigenvalue weighted by Gasteiger charge is 2.30. The Bertz CT molecular complexity index is 803. The number of hydrogen-bond acceptors (Lipinski definition) is 5. The number of carboxylic acids is 1. The first-order valence-corrected chi connectivity index (χ1v) is 8.93. The van der Waals surface area contributed by atoms with Crippen LogP contribution in [0.3, 0.4) is 0 Å². The van der Waals surface area contributed by atoms with Gasteiger partial charge in [-0.05, 0) is 42.2 Å². The summed E-state index contributed by atoms with van der Waals surface area (Å²) in [5, 5.41) is 28.9. The molecule has 1 aliphatic heterocycles. The maximum absolute atomic E-state index is 11.5. The third kappa shape index (κ3) is 4.55. The molecule has 0 aliphatic carbocycles. The quantitative estimate of drug-likeness (QED) is 0.620. The number of hydrogen-bond donors (Lipinski definition) is 3. The number of likely N-dealkylation sites (tertiary alicyclic amines) is 1. The van der Waals surface area contributed by atoms with Gasteiger partial charge in [-0.3, -0.25) is 4.90 Å². The summed E-state index contributed by atoms with van der Waals surface area (Å²) in [7, 11) is 5.49. The summed E-state index contributed by atoms with van der Waals surface area (Å²) in [6.07, 6.45) is 1.48. The third-order valence-corrected chi connectivity index (χ3v) is 4.72. The van der Waals surface area contributed by atoms with Crippen molar-refractivity contribution < 1.29 is 24.9 Å². The van der Waals surface area contributed by atoms with Crippen LogP contribution in [0.4, 0.5) is 0 Å². The molecule has 1 aliphatic rings. The van der Waals surface area contributed by atoms with Crippen LogP contribution in [0.2, 0.25) is 6.32 Å². The predicted octanol–water partition coefficient (Wildman–Crippen LogP) is 2.23. The normalized spacial score (nSPS) is 14.7. The van der Waals surface area contributed by atoms with E-state index in [1.165, 1.54) is 0 Å². The Morgan fingerprint density at radius 1 is 1.11 bits per heavy atom. The predicted molar refractivity (Wildman–Crippen MR) is 102 cm³/mol. The van der Waals surface area contributed by atoms with Gasteiger partial charge in [-0.15, -0.1) is 0 Å². The largest absolute Gasteiger partial charge is 0.508 e. The van der Waals surface area contributed by atoms with Gasteiger partial charge in [0.1, 0.15) is 28.9 Å². The molecule has 2 radical (unpaired) electrons.